The molecule has 0 unspecified atom stereocenters. The Morgan fingerprint density at radius 3 is 2.53 bits per heavy atom. The lowest BCUT2D eigenvalue weighted by Gasteiger charge is -2.23. The predicted molar refractivity (Wildman–Crippen MR) is 64.9 cm³/mol. The van der Waals surface area contributed by atoms with Gasteiger partial charge in [-0.1, -0.05) is 19.3 Å². The van der Waals surface area contributed by atoms with Crippen molar-refractivity contribution in [2.24, 2.45) is 5.92 Å². The first kappa shape index (κ1) is 13.8. The van der Waals surface area contributed by atoms with E-state index in [0.29, 0.717) is 5.92 Å². The standard InChI is InChI=1S/C12H22N2O3/c1-14(8-7-11(15)16)12(17)13-9-10-5-3-2-4-6-10/h10H,2-9H2,1H3,(H,13,17)(H,15,16). The van der Waals surface area contributed by atoms with Crippen LogP contribution in [0.2, 0.25) is 0 Å². The number of carboxylic acid groups (broad SMARTS) is 1. The lowest BCUT2D eigenvalue weighted by Crippen LogP contribution is -2.40. The highest BCUT2D eigenvalue weighted by molar-refractivity contribution is 5.74. The number of rotatable bonds is 5. The van der Waals surface area contributed by atoms with Gasteiger partial charge in [0.2, 0.25) is 0 Å². The molecule has 0 spiro atoms. The van der Waals surface area contributed by atoms with Crippen molar-refractivity contribution in [3.63, 3.8) is 0 Å². The van der Waals surface area contributed by atoms with Crippen molar-refractivity contribution in [3.8, 4) is 0 Å². The van der Waals surface area contributed by atoms with Gasteiger partial charge >= 0.3 is 12.0 Å². The SMILES string of the molecule is CN(CCC(=O)O)C(=O)NCC1CCCCC1. The largest absolute Gasteiger partial charge is 0.481 e. The number of carboxylic acids is 1. The van der Waals surface area contributed by atoms with Crippen LogP contribution in [0, 0.1) is 5.92 Å². The minimum absolute atomic E-state index is 0.00660. The summed E-state index contributed by atoms with van der Waals surface area (Å²) in [6.45, 7) is 0.974. The molecular weight excluding hydrogens is 220 g/mol. The fraction of sp³-hybridized carbons (Fsp3) is 0.833. The summed E-state index contributed by atoms with van der Waals surface area (Å²) >= 11 is 0. The van der Waals surface area contributed by atoms with Crippen LogP contribution in [0.15, 0.2) is 0 Å². The lowest BCUT2D eigenvalue weighted by atomic mass is 9.89. The Kier molecular flexibility index (Phi) is 5.80. The van der Waals surface area contributed by atoms with Gasteiger partial charge in [0.05, 0.1) is 6.42 Å². The fourth-order valence-corrected chi connectivity index (χ4v) is 2.12. The minimum atomic E-state index is -0.878. The van der Waals surface area contributed by atoms with E-state index in [9.17, 15) is 9.59 Å². The minimum Gasteiger partial charge on any atom is -0.481 e. The quantitative estimate of drug-likeness (QED) is 0.770. The van der Waals surface area contributed by atoms with Crippen molar-refractivity contribution in [2.75, 3.05) is 20.1 Å². The first-order valence-electron chi connectivity index (χ1n) is 6.30. The van der Waals surface area contributed by atoms with Gasteiger partial charge in [-0.15, -0.1) is 0 Å². The number of urea groups is 1. The molecule has 0 aromatic carbocycles. The third kappa shape index (κ3) is 5.56. The second-order valence-electron chi connectivity index (χ2n) is 4.76. The van der Waals surface area contributed by atoms with Crippen molar-refractivity contribution in [3.05, 3.63) is 0 Å². The van der Waals surface area contributed by atoms with Gasteiger partial charge in [0, 0.05) is 20.1 Å². The molecule has 1 saturated carbocycles. The molecule has 0 heterocycles. The molecule has 0 radical (unpaired) electrons. The van der Waals surface area contributed by atoms with E-state index in [1.807, 2.05) is 0 Å². The topological polar surface area (TPSA) is 69.6 Å². The van der Waals surface area contributed by atoms with Crippen LogP contribution in [0.5, 0.6) is 0 Å². The number of hydrogen-bond acceptors (Lipinski definition) is 2. The van der Waals surface area contributed by atoms with Crippen LogP contribution in [0.3, 0.4) is 0 Å². The van der Waals surface area contributed by atoms with Crippen molar-refractivity contribution in [1.29, 1.82) is 0 Å². The highest BCUT2D eigenvalue weighted by Crippen LogP contribution is 2.22. The maximum atomic E-state index is 11.6. The van der Waals surface area contributed by atoms with Gasteiger partial charge in [-0.2, -0.15) is 0 Å². The zero-order valence-corrected chi connectivity index (χ0v) is 10.4. The molecule has 1 aliphatic rings. The van der Waals surface area contributed by atoms with Crippen molar-refractivity contribution >= 4 is 12.0 Å². The normalized spacial score (nSPS) is 16.5. The summed E-state index contributed by atoms with van der Waals surface area (Å²) in [4.78, 5) is 23.4. The summed E-state index contributed by atoms with van der Waals surface area (Å²) in [6, 6.07) is -0.170. The number of amides is 2. The van der Waals surface area contributed by atoms with E-state index in [-0.39, 0.29) is 19.0 Å². The molecule has 0 aliphatic heterocycles. The van der Waals surface area contributed by atoms with E-state index in [1.165, 1.54) is 37.0 Å². The highest BCUT2D eigenvalue weighted by atomic mass is 16.4. The zero-order valence-electron chi connectivity index (χ0n) is 10.4. The van der Waals surface area contributed by atoms with Gasteiger partial charge in [0.25, 0.3) is 0 Å². The molecule has 1 aliphatic carbocycles. The summed E-state index contributed by atoms with van der Waals surface area (Å²) in [5, 5.41) is 11.4. The Hall–Kier alpha value is -1.26. The Balaban J connectivity index is 2.16. The van der Waals surface area contributed by atoms with E-state index in [0.717, 1.165) is 6.54 Å². The summed E-state index contributed by atoms with van der Waals surface area (Å²) in [7, 11) is 1.62. The van der Waals surface area contributed by atoms with Gasteiger partial charge in [0.1, 0.15) is 0 Å². The Bertz CT molecular complexity index is 262. The van der Waals surface area contributed by atoms with Crippen molar-refractivity contribution in [1.82, 2.24) is 10.2 Å². The second-order valence-corrected chi connectivity index (χ2v) is 4.76. The fourth-order valence-electron chi connectivity index (χ4n) is 2.12. The van der Waals surface area contributed by atoms with Crippen molar-refractivity contribution < 1.29 is 14.7 Å². The van der Waals surface area contributed by atoms with Crippen LogP contribution < -0.4 is 5.32 Å². The van der Waals surface area contributed by atoms with E-state index in [2.05, 4.69) is 5.32 Å². The van der Waals surface area contributed by atoms with Gasteiger partial charge in [-0.05, 0) is 18.8 Å². The third-order valence-corrected chi connectivity index (χ3v) is 3.27. The molecule has 1 fully saturated rings. The molecule has 1 rings (SSSR count). The smallest absolute Gasteiger partial charge is 0.317 e. The van der Waals surface area contributed by atoms with Gasteiger partial charge in [-0.3, -0.25) is 4.79 Å². The van der Waals surface area contributed by atoms with E-state index >= 15 is 0 Å². The monoisotopic (exact) mass is 242 g/mol. The molecule has 0 bridgehead atoms. The number of aliphatic carboxylic acids is 1. The Morgan fingerprint density at radius 2 is 1.94 bits per heavy atom. The summed E-state index contributed by atoms with van der Waals surface area (Å²) in [6.07, 6.45) is 6.21. The maximum Gasteiger partial charge on any atom is 0.317 e. The Morgan fingerprint density at radius 1 is 1.29 bits per heavy atom. The van der Waals surface area contributed by atoms with Crippen LogP contribution in [0.25, 0.3) is 0 Å². The van der Waals surface area contributed by atoms with E-state index in [4.69, 9.17) is 5.11 Å². The summed E-state index contributed by atoms with van der Waals surface area (Å²) in [5.41, 5.74) is 0. The average molecular weight is 242 g/mol. The van der Waals surface area contributed by atoms with Crippen LogP contribution in [0.4, 0.5) is 4.79 Å². The highest BCUT2D eigenvalue weighted by Gasteiger charge is 2.15. The molecule has 0 aromatic heterocycles. The van der Waals surface area contributed by atoms with Crippen LogP contribution in [-0.4, -0.2) is 42.1 Å². The number of nitrogens with one attached hydrogen (secondary N) is 1. The molecule has 17 heavy (non-hydrogen) atoms. The molecule has 0 atom stereocenters. The molecule has 0 aromatic rings. The van der Waals surface area contributed by atoms with Gasteiger partial charge in [-0.25, -0.2) is 4.79 Å². The number of carbonyl (C=O) groups excluding carboxylic acids is 1. The number of nitrogens with zero attached hydrogens (tertiary/aromatic N) is 1. The van der Waals surface area contributed by atoms with Crippen LogP contribution in [0.1, 0.15) is 38.5 Å². The number of hydrogen-bond donors (Lipinski definition) is 2. The predicted octanol–water partition coefficient (Wildman–Crippen LogP) is 1.68. The molecule has 2 amide bonds. The van der Waals surface area contributed by atoms with E-state index < -0.39 is 5.97 Å². The van der Waals surface area contributed by atoms with Crippen LogP contribution in [-0.2, 0) is 4.79 Å². The lowest BCUT2D eigenvalue weighted by molar-refractivity contribution is -0.137. The molecular formula is C12H22N2O3. The molecule has 2 N–H and O–H groups in total. The van der Waals surface area contributed by atoms with E-state index in [1.54, 1.807) is 7.05 Å². The molecule has 5 heteroatoms. The van der Waals surface area contributed by atoms with Crippen molar-refractivity contribution in [2.45, 2.75) is 38.5 Å². The third-order valence-electron chi connectivity index (χ3n) is 3.27. The molecule has 98 valence electrons. The maximum absolute atomic E-state index is 11.6. The van der Waals surface area contributed by atoms with Gasteiger partial charge < -0.3 is 15.3 Å². The first-order chi connectivity index (χ1) is 8.09. The first-order valence-corrected chi connectivity index (χ1v) is 6.30. The summed E-state index contributed by atoms with van der Waals surface area (Å²) < 4.78 is 0. The summed E-state index contributed by atoms with van der Waals surface area (Å²) in [5.74, 6) is -0.280. The molecule has 0 saturated heterocycles. The Labute approximate surface area is 102 Å². The second kappa shape index (κ2) is 7.14. The molecule has 5 nitrogen and oxygen atoms in total. The number of carbonyl (C=O) groups is 2. The van der Waals surface area contributed by atoms with Crippen LogP contribution >= 0.6 is 0 Å². The average Bonchev–Trinajstić information content (AvgIpc) is 2.34. The zero-order chi connectivity index (χ0) is 12.7. The van der Waals surface area contributed by atoms with Gasteiger partial charge in [0.15, 0.2) is 0 Å².